The highest BCUT2D eigenvalue weighted by molar-refractivity contribution is 14.1. The first-order chi connectivity index (χ1) is 7.65. The van der Waals surface area contributed by atoms with Crippen molar-refractivity contribution in [1.82, 2.24) is 0 Å². The van der Waals surface area contributed by atoms with Crippen LogP contribution < -0.4 is 4.74 Å². The minimum atomic E-state index is -0.506. The number of rotatable bonds is 3. The van der Waals surface area contributed by atoms with Gasteiger partial charge in [-0.05, 0) is 41.6 Å². The van der Waals surface area contributed by atoms with Gasteiger partial charge in [0, 0.05) is 0 Å². The fourth-order valence-corrected chi connectivity index (χ4v) is 1.92. The van der Waals surface area contributed by atoms with Gasteiger partial charge in [0.2, 0.25) is 0 Å². The van der Waals surface area contributed by atoms with Gasteiger partial charge in [0.1, 0.15) is 11.6 Å². The van der Waals surface area contributed by atoms with Gasteiger partial charge in [-0.3, -0.25) is 0 Å². The average molecular weight is 331 g/mol. The van der Waals surface area contributed by atoms with Crippen molar-refractivity contribution in [3.63, 3.8) is 0 Å². The largest absolute Gasteiger partial charge is 0.494 e. The third-order valence-corrected chi connectivity index (χ3v) is 2.77. The second-order valence-corrected chi connectivity index (χ2v) is 4.00. The molecular formula is C11H10INO3. The zero-order chi connectivity index (χ0) is 12.1. The first kappa shape index (κ1) is 12.8. The standard InChI is InChI=1S/C11H10INO3/c1-3-16-11(14)7-4-5-9(12)10(15-2)8(7)6-13/h4-5H,3H2,1-2H3. The Labute approximate surface area is 107 Å². The van der Waals surface area contributed by atoms with Crippen molar-refractivity contribution < 1.29 is 14.3 Å². The van der Waals surface area contributed by atoms with Crippen LogP contribution in [0.1, 0.15) is 22.8 Å². The Hall–Kier alpha value is -1.29. The van der Waals surface area contributed by atoms with Crippen LogP contribution >= 0.6 is 22.6 Å². The molecule has 84 valence electrons. The molecule has 0 atom stereocenters. The molecule has 16 heavy (non-hydrogen) atoms. The van der Waals surface area contributed by atoms with Gasteiger partial charge in [-0.15, -0.1) is 0 Å². The third kappa shape index (κ3) is 2.44. The van der Waals surface area contributed by atoms with E-state index in [4.69, 9.17) is 14.7 Å². The topological polar surface area (TPSA) is 59.3 Å². The average Bonchev–Trinajstić information content (AvgIpc) is 2.28. The summed E-state index contributed by atoms with van der Waals surface area (Å²) >= 11 is 2.04. The van der Waals surface area contributed by atoms with Gasteiger partial charge < -0.3 is 9.47 Å². The zero-order valence-electron chi connectivity index (χ0n) is 8.91. The fraction of sp³-hybridized carbons (Fsp3) is 0.273. The number of esters is 1. The lowest BCUT2D eigenvalue weighted by atomic mass is 10.1. The molecule has 0 bridgehead atoms. The lowest BCUT2D eigenvalue weighted by Crippen LogP contribution is -2.08. The maximum atomic E-state index is 11.6. The summed E-state index contributed by atoms with van der Waals surface area (Å²) in [6.45, 7) is 1.99. The van der Waals surface area contributed by atoms with Crippen LogP contribution in [0.3, 0.4) is 0 Å². The second-order valence-electron chi connectivity index (χ2n) is 2.84. The van der Waals surface area contributed by atoms with E-state index in [2.05, 4.69) is 0 Å². The third-order valence-electron chi connectivity index (χ3n) is 1.92. The number of nitrogens with zero attached hydrogens (tertiary/aromatic N) is 1. The molecular weight excluding hydrogens is 321 g/mol. The number of halogens is 1. The first-order valence-corrected chi connectivity index (χ1v) is 5.67. The molecule has 4 nitrogen and oxygen atoms in total. The van der Waals surface area contributed by atoms with Crippen molar-refractivity contribution in [2.45, 2.75) is 6.92 Å². The van der Waals surface area contributed by atoms with Crippen molar-refractivity contribution in [3.05, 3.63) is 26.8 Å². The van der Waals surface area contributed by atoms with Crippen LogP contribution in [0.4, 0.5) is 0 Å². The fourth-order valence-electron chi connectivity index (χ4n) is 1.25. The number of hydrogen-bond donors (Lipinski definition) is 0. The smallest absolute Gasteiger partial charge is 0.339 e. The van der Waals surface area contributed by atoms with E-state index in [1.165, 1.54) is 7.11 Å². The van der Waals surface area contributed by atoms with Crippen molar-refractivity contribution >= 4 is 28.6 Å². The van der Waals surface area contributed by atoms with Crippen molar-refractivity contribution in [1.29, 1.82) is 5.26 Å². The molecule has 0 saturated heterocycles. The van der Waals surface area contributed by atoms with Crippen LogP contribution in [0, 0.1) is 14.9 Å². The Bertz CT molecular complexity index is 451. The normalized spacial score (nSPS) is 9.38. The Morgan fingerprint density at radius 3 is 2.75 bits per heavy atom. The molecule has 0 aliphatic carbocycles. The molecule has 0 aromatic heterocycles. The van der Waals surface area contributed by atoms with Crippen molar-refractivity contribution in [3.8, 4) is 11.8 Å². The molecule has 0 fully saturated rings. The van der Waals surface area contributed by atoms with Gasteiger partial charge in [-0.2, -0.15) is 5.26 Å². The molecule has 1 rings (SSSR count). The number of hydrogen-bond acceptors (Lipinski definition) is 4. The summed E-state index contributed by atoms with van der Waals surface area (Å²) in [6, 6.07) is 5.25. The van der Waals surface area contributed by atoms with Crippen LogP contribution in [0.2, 0.25) is 0 Å². The summed E-state index contributed by atoms with van der Waals surface area (Å²) in [5.74, 6) is -0.0950. The zero-order valence-corrected chi connectivity index (χ0v) is 11.1. The van der Waals surface area contributed by atoms with Gasteiger partial charge >= 0.3 is 5.97 Å². The molecule has 0 radical (unpaired) electrons. The molecule has 0 amide bonds. The summed E-state index contributed by atoms with van der Waals surface area (Å²) < 4.78 is 10.7. The highest BCUT2D eigenvalue weighted by atomic mass is 127. The number of carbonyl (C=O) groups is 1. The maximum Gasteiger partial charge on any atom is 0.339 e. The summed E-state index contributed by atoms with van der Waals surface area (Å²) in [6.07, 6.45) is 0. The minimum absolute atomic E-state index is 0.216. The Morgan fingerprint density at radius 2 is 2.25 bits per heavy atom. The SMILES string of the molecule is CCOC(=O)c1ccc(I)c(OC)c1C#N. The van der Waals surface area contributed by atoms with Crippen LogP contribution in [0.5, 0.6) is 5.75 Å². The first-order valence-electron chi connectivity index (χ1n) is 4.59. The van der Waals surface area contributed by atoms with Gasteiger partial charge in [-0.1, -0.05) is 0 Å². The second kappa shape index (κ2) is 5.70. The van der Waals surface area contributed by atoms with Gasteiger partial charge in [0.05, 0.1) is 22.9 Å². The highest BCUT2D eigenvalue weighted by Gasteiger charge is 2.18. The predicted molar refractivity (Wildman–Crippen MR) is 66.4 cm³/mol. The molecule has 5 heteroatoms. The number of methoxy groups -OCH3 is 1. The highest BCUT2D eigenvalue weighted by Crippen LogP contribution is 2.28. The van der Waals surface area contributed by atoms with Crippen LogP contribution in [-0.2, 0) is 4.74 Å². The molecule has 0 heterocycles. The lowest BCUT2D eigenvalue weighted by molar-refractivity contribution is 0.0525. The quantitative estimate of drug-likeness (QED) is 0.630. The van der Waals surface area contributed by atoms with Crippen LogP contribution in [0.15, 0.2) is 12.1 Å². The Kier molecular flexibility index (Phi) is 4.55. The number of ether oxygens (including phenoxy) is 2. The molecule has 0 N–H and O–H groups in total. The van der Waals surface area contributed by atoms with Crippen LogP contribution in [-0.4, -0.2) is 19.7 Å². The van der Waals surface area contributed by atoms with E-state index in [9.17, 15) is 4.79 Å². The van der Waals surface area contributed by atoms with Gasteiger partial charge in [0.25, 0.3) is 0 Å². The van der Waals surface area contributed by atoms with E-state index in [1.807, 2.05) is 28.7 Å². The molecule has 0 spiro atoms. The number of nitriles is 1. The molecule has 1 aromatic carbocycles. The summed E-state index contributed by atoms with van der Waals surface area (Å²) in [5, 5.41) is 9.03. The molecule has 0 saturated carbocycles. The lowest BCUT2D eigenvalue weighted by Gasteiger charge is -2.09. The summed E-state index contributed by atoms with van der Waals surface area (Å²) in [7, 11) is 1.47. The Morgan fingerprint density at radius 1 is 1.56 bits per heavy atom. The molecule has 0 unspecified atom stereocenters. The monoisotopic (exact) mass is 331 g/mol. The van der Waals surface area contributed by atoms with Crippen molar-refractivity contribution in [2.24, 2.45) is 0 Å². The van der Waals surface area contributed by atoms with E-state index in [0.29, 0.717) is 5.75 Å². The van der Waals surface area contributed by atoms with Crippen molar-refractivity contribution in [2.75, 3.05) is 13.7 Å². The minimum Gasteiger partial charge on any atom is -0.494 e. The van der Waals surface area contributed by atoms with Crippen LogP contribution in [0.25, 0.3) is 0 Å². The van der Waals surface area contributed by atoms with E-state index in [-0.39, 0.29) is 17.7 Å². The van der Waals surface area contributed by atoms with E-state index >= 15 is 0 Å². The maximum absolute atomic E-state index is 11.6. The van der Waals surface area contributed by atoms with E-state index < -0.39 is 5.97 Å². The van der Waals surface area contributed by atoms with E-state index in [1.54, 1.807) is 19.1 Å². The molecule has 1 aromatic rings. The number of carbonyl (C=O) groups excluding carboxylic acids is 1. The number of benzene rings is 1. The summed E-state index contributed by atoms with van der Waals surface area (Å²) in [4.78, 5) is 11.6. The van der Waals surface area contributed by atoms with E-state index in [0.717, 1.165) is 3.57 Å². The summed E-state index contributed by atoms with van der Waals surface area (Å²) in [5.41, 5.74) is 0.453. The Balaban J connectivity index is 3.31. The molecule has 0 aliphatic rings. The predicted octanol–water partition coefficient (Wildman–Crippen LogP) is 2.35. The molecule has 0 aliphatic heterocycles. The van der Waals surface area contributed by atoms with Gasteiger partial charge in [-0.25, -0.2) is 4.79 Å². The van der Waals surface area contributed by atoms with Gasteiger partial charge in [0.15, 0.2) is 5.75 Å².